The van der Waals surface area contributed by atoms with E-state index < -0.39 is 9.84 Å². The Morgan fingerprint density at radius 3 is 2.59 bits per heavy atom. The van der Waals surface area contributed by atoms with Gasteiger partial charge in [0.2, 0.25) is 5.88 Å². The van der Waals surface area contributed by atoms with E-state index in [-0.39, 0.29) is 11.2 Å². The van der Waals surface area contributed by atoms with Crippen molar-refractivity contribution in [3.05, 3.63) is 58.5 Å². The van der Waals surface area contributed by atoms with Gasteiger partial charge in [-0.05, 0) is 49.6 Å². The fourth-order valence-electron chi connectivity index (χ4n) is 3.65. The summed E-state index contributed by atoms with van der Waals surface area (Å²) in [4.78, 5) is 9.39. The fourth-order valence-corrected chi connectivity index (χ4v) is 4.97. The van der Waals surface area contributed by atoms with Gasteiger partial charge in [-0.3, -0.25) is 4.99 Å². The van der Waals surface area contributed by atoms with Crippen molar-refractivity contribution in [2.45, 2.75) is 20.3 Å². The summed E-state index contributed by atoms with van der Waals surface area (Å²) in [7, 11) is -1.45. The van der Waals surface area contributed by atoms with Crippen molar-refractivity contribution in [1.29, 1.82) is 0 Å². The van der Waals surface area contributed by atoms with Crippen LogP contribution in [0.25, 0.3) is 11.3 Å². The summed E-state index contributed by atoms with van der Waals surface area (Å²) in [5.74, 6) is 1.42. The number of hydrogen-bond acceptors (Lipinski definition) is 6. The topological polar surface area (TPSA) is 80.7 Å². The van der Waals surface area contributed by atoms with Crippen LogP contribution in [-0.4, -0.2) is 45.2 Å². The van der Waals surface area contributed by atoms with Crippen LogP contribution in [0.5, 0.6) is 5.88 Å². The van der Waals surface area contributed by atoms with Gasteiger partial charge in [-0.15, -0.1) is 0 Å². The third-order valence-electron chi connectivity index (χ3n) is 5.78. The highest BCUT2D eigenvalue weighted by Crippen LogP contribution is 2.33. The molecular formula is C22H25N3O3S. The first-order chi connectivity index (χ1) is 13.8. The number of aromatic nitrogens is 1. The number of sulfone groups is 1. The van der Waals surface area contributed by atoms with E-state index in [1.165, 1.54) is 16.5 Å². The minimum atomic E-state index is -3.06. The second-order valence-corrected chi connectivity index (χ2v) is 9.86. The first-order valence-electron chi connectivity index (χ1n) is 9.64. The molecule has 0 saturated heterocycles. The fraction of sp³-hybridized carbons (Fsp3) is 0.364. The minimum absolute atomic E-state index is 0.172. The quantitative estimate of drug-likeness (QED) is 0.840. The Balaban J connectivity index is 1.62. The van der Waals surface area contributed by atoms with E-state index >= 15 is 0 Å². The monoisotopic (exact) mass is 411 g/mol. The molecule has 0 amide bonds. The summed E-state index contributed by atoms with van der Waals surface area (Å²) >= 11 is 0. The smallest absolute Gasteiger partial charge is 0.224 e. The number of ether oxygens (including phenoxy) is 1. The van der Waals surface area contributed by atoms with E-state index in [1.807, 2.05) is 12.1 Å². The zero-order valence-corrected chi connectivity index (χ0v) is 17.7. The van der Waals surface area contributed by atoms with Gasteiger partial charge in [0.1, 0.15) is 5.84 Å². The first kappa shape index (κ1) is 19.6. The summed E-state index contributed by atoms with van der Waals surface area (Å²) in [6, 6.07) is 10.2. The number of pyridine rings is 1. The van der Waals surface area contributed by atoms with Crippen molar-refractivity contribution in [2.24, 2.45) is 10.4 Å². The second-order valence-electron chi connectivity index (χ2n) is 7.85. The highest BCUT2D eigenvalue weighted by Gasteiger charge is 2.35. The lowest BCUT2D eigenvalue weighted by Crippen LogP contribution is -2.45. The number of rotatable bonds is 3. The molecule has 1 aromatic carbocycles. The van der Waals surface area contributed by atoms with Gasteiger partial charge in [0.15, 0.2) is 9.84 Å². The van der Waals surface area contributed by atoms with Crippen molar-refractivity contribution in [1.82, 2.24) is 10.3 Å². The number of nitrogens with one attached hydrogen (secondary N) is 1. The molecule has 7 heteroatoms. The van der Waals surface area contributed by atoms with Crippen molar-refractivity contribution in [3.8, 4) is 17.1 Å². The van der Waals surface area contributed by atoms with Crippen molar-refractivity contribution in [2.75, 3.05) is 26.0 Å². The Hall–Kier alpha value is -2.67. The first-order valence-corrected chi connectivity index (χ1v) is 11.4. The van der Waals surface area contributed by atoms with E-state index in [0.717, 1.165) is 22.7 Å². The molecule has 1 N–H and O–H groups in total. The van der Waals surface area contributed by atoms with Crippen molar-refractivity contribution in [3.63, 3.8) is 0 Å². The lowest BCUT2D eigenvalue weighted by atomic mass is 9.83. The van der Waals surface area contributed by atoms with E-state index in [4.69, 9.17) is 14.7 Å². The maximum Gasteiger partial charge on any atom is 0.224 e. The Morgan fingerprint density at radius 1 is 1.14 bits per heavy atom. The van der Waals surface area contributed by atoms with Gasteiger partial charge in [-0.25, -0.2) is 13.4 Å². The zero-order chi connectivity index (χ0) is 20.6. The molecule has 2 aromatic rings. The van der Waals surface area contributed by atoms with Crippen molar-refractivity contribution < 1.29 is 13.2 Å². The molecule has 0 aliphatic carbocycles. The molecule has 2 aliphatic rings. The summed E-state index contributed by atoms with van der Waals surface area (Å²) in [5.41, 5.74) is 4.93. The van der Waals surface area contributed by atoms with Gasteiger partial charge in [0.05, 0.1) is 30.7 Å². The van der Waals surface area contributed by atoms with Gasteiger partial charge in [-0.1, -0.05) is 18.2 Å². The van der Waals surface area contributed by atoms with Crippen LogP contribution in [0.4, 0.5) is 0 Å². The second kappa shape index (κ2) is 7.30. The highest BCUT2D eigenvalue weighted by molar-refractivity contribution is 7.94. The van der Waals surface area contributed by atoms with Gasteiger partial charge < -0.3 is 10.1 Å². The lowest BCUT2D eigenvalue weighted by Gasteiger charge is -2.35. The molecule has 152 valence electrons. The van der Waals surface area contributed by atoms with Crippen LogP contribution in [0.2, 0.25) is 0 Å². The Morgan fingerprint density at radius 2 is 1.97 bits per heavy atom. The molecular weight excluding hydrogens is 386 g/mol. The standard InChI is InChI=1S/C22H25N3O3S/c1-15-4-5-17(12-16(15)2)19-7-6-18(21(25-19)28-3)20-23-13-22(14-24-20)8-10-29(26,27)11-9-22/h4-8,10,12H,9,11,13-14H2,1-3H3,(H,23,24). The molecule has 1 aromatic heterocycles. The number of benzene rings is 1. The number of aliphatic imine (C=N–C) groups is 1. The van der Waals surface area contributed by atoms with E-state index in [0.29, 0.717) is 25.4 Å². The summed E-state index contributed by atoms with van der Waals surface area (Å²) in [6.07, 6.45) is 2.37. The van der Waals surface area contributed by atoms with E-state index in [1.54, 1.807) is 13.2 Å². The molecule has 4 rings (SSSR count). The lowest BCUT2D eigenvalue weighted by molar-refractivity contribution is 0.358. The summed E-state index contributed by atoms with van der Waals surface area (Å²) < 4.78 is 28.9. The SMILES string of the molecule is COc1nc(-c2ccc(C)c(C)c2)ccc1C1=NCC2(C=CS(=O)(=O)CC2)CN1. The van der Waals surface area contributed by atoms with Crippen LogP contribution >= 0.6 is 0 Å². The number of aryl methyl sites for hydroxylation is 2. The maximum atomic E-state index is 11.7. The van der Waals surface area contributed by atoms with Crippen LogP contribution < -0.4 is 10.1 Å². The van der Waals surface area contributed by atoms with Gasteiger partial charge in [0.25, 0.3) is 0 Å². The van der Waals surface area contributed by atoms with Crippen molar-refractivity contribution >= 4 is 15.7 Å². The molecule has 1 unspecified atom stereocenters. The molecule has 2 aliphatic heterocycles. The van der Waals surface area contributed by atoms with Crippen LogP contribution in [0, 0.1) is 19.3 Å². The predicted molar refractivity (Wildman–Crippen MR) is 115 cm³/mol. The molecule has 1 spiro atoms. The molecule has 3 heterocycles. The van der Waals surface area contributed by atoms with Gasteiger partial charge >= 0.3 is 0 Å². The zero-order valence-electron chi connectivity index (χ0n) is 16.9. The van der Waals surface area contributed by atoms with Crippen LogP contribution in [0.1, 0.15) is 23.1 Å². The Kier molecular flexibility index (Phi) is 4.94. The van der Waals surface area contributed by atoms with Gasteiger partial charge in [0, 0.05) is 22.9 Å². The molecule has 1 atom stereocenters. The molecule has 0 bridgehead atoms. The summed E-state index contributed by atoms with van der Waals surface area (Å²) in [6.45, 7) is 5.36. The molecule has 0 fully saturated rings. The number of nitrogens with zero attached hydrogens (tertiary/aromatic N) is 2. The average Bonchev–Trinajstić information content (AvgIpc) is 2.73. The van der Waals surface area contributed by atoms with E-state index in [2.05, 4.69) is 37.4 Å². The maximum absolute atomic E-state index is 11.7. The summed E-state index contributed by atoms with van der Waals surface area (Å²) in [5, 5.41) is 4.69. The largest absolute Gasteiger partial charge is 0.480 e. The third kappa shape index (κ3) is 3.92. The minimum Gasteiger partial charge on any atom is -0.480 e. The average molecular weight is 412 g/mol. The highest BCUT2D eigenvalue weighted by atomic mass is 32.2. The molecule has 0 saturated carbocycles. The predicted octanol–water partition coefficient (Wildman–Crippen LogP) is 3.04. The van der Waals surface area contributed by atoms with Crippen LogP contribution in [0.3, 0.4) is 0 Å². The number of methoxy groups -OCH3 is 1. The molecule has 29 heavy (non-hydrogen) atoms. The third-order valence-corrected chi connectivity index (χ3v) is 7.11. The molecule has 0 radical (unpaired) electrons. The van der Waals surface area contributed by atoms with Gasteiger partial charge in [-0.2, -0.15) is 0 Å². The van der Waals surface area contributed by atoms with Crippen LogP contribution in [0.15, 0.2) is 46.8 Å². The van der Waals surface area contributed by atoms with Crippen LogP contribution in [-0.2, 0) is 9.84 Å². The van der Waals surface area contributed by atoms with E-state index in [9.17, 15) is 8.42 Å². The Bertz CT molecular complexity index is 1120. The molecule has 6 nitrogen and oxygen atoms in total. The Labute approximate surface area is 171 Å². The normalized spacial score (nSPS) is 22.8. The number of hydrogen-bond donors (Lipinski definition) is 1. The number of amidine groups is 1.